The van der Waals surface area contributed by atoms with Crippen molar-refractivity contribution in [2.75, 3.05) is 19.6 Å². The third kappa shape index (κ3) is 10.6. The predicted octanol–water partition coefficient (Wildman–Crippen LogP) is 3.41. The minimum Gasteiger partial charge on any atom is -0.444 e. The minimum atomic E-state index is -0.730. The molecule has 0 spiro atoms. The van der Waals surface area contributed by atoms with Gasteiger partial charge in [-0.15, -0.1) is 0 Å². The lowest BCUT2D eigenvalue weighted by molar-refractivity contribution is 0.00560. The average Bonchev–Trinajstić information content (AvgIpc) is 2.21. The lowest BCUT2D eigenvalue weighted by atomic mass is 9.94. The van der Waals surface area contributed by atoms with E-state index in [0.29, 0.717) is 25.6 Å². The number of hydrogen-bond acceptors (Lipinski definition) is 4. The third-order valence-electron chi connectivity index (χ3n) is 3.29. The smallest absolute Gasteiger partial charge is 0.410 e. The van der Waals surface area contributed by atoms with Crippen LogP contribution < -0.4 is 5.32 Å². The largest absolute Gasteiger partial charge is 0.444 e. The van der Waals surface area contributed by atoms with Crippen LogP contribution in [0, 0.1) is 5.92 Å². The fraction of sp³-hybridized carbons (Fsp3) is 0.944. The standard InChI is InChI=1S/C18H38N2O3/c1-14(2)12-18(9,22)13-19-10-11-20(16(3,4)5)15(21)23-17(6,7)8/h14,19,22H,10-13H2,1-9H3. The Balaban J connectivity index is 4.52. The first-order chi connectivity index (χ1) is 10.1. The summed E-state index contributed by atoms with van der Waals surface area (Å²) in [5.74, 6) is 0.444. The van der Waals surface area contributed by atoms with Crippen molar-refractivity contribution in [3.8, 4) is 0 Å². The van der Waals surface area contributed by atoms with Gasteiger partial charge >= 0.3 is 6.09 Å². The van der Waals surface area contributed by atoms with E-state index in [9.17, 15) is 9.90 Å². The molecule has 0 saturated carbocycles. The van der Waals surface area contributed by atoms with E-state index < -0.39 is 11.2 Å². The second-order valence-electron chi connectivity index (χ2n) is 9.07. The second-order valence-corrected chi connectivity index (χ2v) is 9.07. The molecule has 0 aromatic rings. The van der Waals surface area contributed by atoms with Gasteiger partial charge in [0, 0.05) is 25.2 Å². The Kier molecular flexibility index (Phi) is 8.04. The van der Waals surface area contributed by atoms with Crippen LogP contribution in [0.5, 0.6) is 0 Å². The van der Waals surface area contributed by atoms with Crippen LogP contribution in [-0.2, 0) is 4.74 Å². The van der Waals surface area contributed by atoms with Crippen LogP contribution in [0.25, 0.3) is 0 Å². The molecule has 2 N–H and O–H groups in total. The maximum absolute atomic E-state index is 12.4. The van der Waals surface area contributed by atoms with Crippen LogP contribution >= 0.6 is 0 Å². The minimum absolute atomic E-state index is 0.305. The monoisotopic (exact) mass is 330 g/mol. The Morgan fingerprint density at radius 3 is 2.04 bits per heavy atom. The quantitative estimate of drug-likeness (QED) is 0.702. The zero-order valence-electron chi connectivity index (χ0n) is 16.6. The topological polar surface area (TPSA) is 61.8 Å². The molecular formula is C18H38N2O3. The fourth-order valence-electron chi connectivity index (χ4n) is 2.52. The lowest BCUT2D eigenvalue weighted by Crippen LogP contribution is -2.51. The Morgan fingerprint density at radius 1 is 1.13 bits per heavy atom. The molecule has 0 aromatic heterocycles. The van der Waals surface area contributed by atoms with Crippen molar-refractivity contribution >= 4 is 6.09 Å². The highest BCUT2D eigenvalue weighted by Crippen LogP contribution is 2.18. The molecule has 5 heteroatoms. The molecule has 0 aliphatic carbocycles. The summed E-state index contributed by atoms with van der Waals surface area (Å²) < 4.78 is 5.49. The molecule has 0 bridgehead atoms. The summed E-state index contributed by atoms with van der Waals surface area (Å²) in [5, 5.41) is 13.6. The lowest BCUT2D eigenvalue weighted by Gasteiger charge is -2.37. The second kappa shape index (κ2) is 8.34. The molecule has 1 atom stereocenters. The van der Waals surface area contributed by atoms with Gasteiger partial charge in [0.2, 0.25) is 0 Å². The van der Waals surface area contributed by atoms with E-state index in [1.165, 1.54) is 0 Å². The van der Waals surface area contributed by atoms with Crippen molar-refractivity contribution in [1.82, 2.24) is 10.2 Å². The van der Waals surface area contributed by atoms with Crippen molar-refractivity contribution in [3.63, 3.8) is 0 Å². The van der Waals surface area contributed by atoms with Gasteiger partial charge in [0.1, 0.15) is 5.60 Å². The summed E-state index contributed by atoms with van der Waals surface area (Å²) in [7, 11) is 0. The summed E-state index contributed by atoms with van der Waals surface area (Å²) in [5.41, 5.74) is -1.55. The number of amides is 1. The van der Waals surface area contributed by atoms with Gasteiger partial charge in [-0.1, -0.05) is 13.8 Å². The molecule has 0 aliphatic rings. The van der Waals surface area contributed by atoms with Crippen molar-refractivity contribution in [1.29, 1.82) is 0 Å². The Bertz CT molecular complexity index is 365. The molecule has 138 valence electrons. The van der Waals surface area contributed by atoms with Crippen molar-refractivity contribution < 1.29 is 14.6 Å². The van der Waals surface area contributed by atoms with Crippen LogP contribution in [0.2, 0.25) is 0 Å². The number of carbonyl (C=O) groups is 1. The molecule has 23 heavy (non-hydrogen) atoms. The molecule has 0 heterocycles. The number of hydrogen-bond donors (Lipinski definition) is 2. The molecule has 0 radical (unpaired) electrons. The van der Waals surface area contributed by atoms with Crippen molar-refractivity contribution in [2.45, 2.75) is 85.5 Å². The van der Waals surface area contributed by atoms with Gasteiger partial charge in [0.05, 0.1) is 5.60 Å². The molecule has 0 saturated heterocycles. The summed E-state index contributed by atoms with van der Waals surface area (Å²) >= 11 is 0. The van der Waals surface area contributed by atoms with E-state index >= 15 is 0 Å². The van der Waals surface area contributed by atoms with E-state index in [1.54, 1.807) is 4.90 Å². The first kappa shape index (κ1) is 22.2. The first-order valence-electron chi connectivity index (χ1n) is 8.58. The summed E-state index contributed by atoms with van der Waals surface area (Å²) in [6, 6.07) is 0. The van der Waals surface area contributed by atoms with Gasteiger partial charge in [-0.3, -0.25) is 0 Å². The van der Waals surface area contributed by atoms with Crippen molar-refractivity contribution in [3.05, 3.63) is 0 Å². The maximum Gasteiger partial charge on any atom is 0.410 e. The molecule has 0 aromatic carbocycles. The van der Waals surface area contributed by atoms with Gasteiger partial charge in [0.25, 0.3) is 0 Å². The molecule has 1 unspecified atom stereocenters. The number of rotatable bonds is 7. The van der Waals surface area contributed by atoms with E-state index in [1.807, 2.05) is 48.5 Å². The van der Waals surface area contributed by atoms with Crippen LogP contribution in [0.4, 0.5) is 4.79 Å². The van der Waals surface area contributed by atoms with Crippen molar-refractivity contribution in [2.24, 2.45) is 5.92 Å². The van der Waals surface area contributed by atoms with E-state index in [0.717, 1.165) is 6.42 Å². The Labute approximate surface area is 142 Å². The average molecular weight is 331 g/mol. The number of carbonyl (C=O) groups excluding carboxylic acids is 1. The molecule has 0 rings (SSSR count). The highest BCUT2D eigenvalue weighted by atomic mass is 16.6. The molecule has 5 nitrogen and oxygen atoms in total. The SMILES string of the molecule is CC(C)CC(C)(O)CNCCN(C(=O)OC(C)(C)C)C(C)(C)C. The summed E-state index contributed by atoms with van der Waals surface area (Å²) in [4.78, 5) is 14.1. The van der Waals surface area contributed by atoms with E-state index in [2.05, 4.69) is 19.2 Å². The Hall–Kier alpha value is -0.810. The summed E-state index contributed by atoms with van der Waals surface area (Å²) in [6.45, 7) is 19.3. The third-order valence-corrected chi connectivity index (χ3v) is 3.29. The van der Waals surface area contributed by atoms with Gasteiger partial charge in [-0.05, 0) is 60.8 Å². The molecule has 0 aliphatic heterocycles. The highest BCUT2D eigenvalue weighted by Gasteiger charge is 2.30. The van der Waals surface area contributed by atoms with Gasteiger partial charge in [-0.2, -0.15) is 0 Å². The van der Waals surface area contributed by atoms with Crippen LogP contribution in [0.1, 0.15) is 68.7 Å². The van der Waals surface area contributed by atoms with Crippen LogP contribution in [-0.4, -0.2) is 52.5 Å². The maximum atomic E-state index is 12.4. The highest BCUT2D eigenvalue weighted by molar-refractivity contribution is 5.69. The van der Waals surface area contributed by atoms with Gasteiger partial charge < -0.3 is 20.1 Å². The fourth-order valence-corrected chi connectivity index (χ4v) is 2.52. The molecular weight excluding hydrogens is 292 g/mol. The van der Waals surface area contributed by atoms with Crippen LogP contribution in [0.3, 0.4) is 0 Å². The van der Waals surface area contributed by atoms with Gasteiger partial charge in [-0.25, -0.2) is 4.79 Å². The normalized spacial score (nSPS) is 15.4. The number of aliphatic hydroxyl groups is 1. The Morgan fingerprint density at radius 2 is 1.65 bits per heavy atom. The number of nitrogens with one attached hydrogen (secondary N) is 1. The zero-order valence-corrected chi connectivity index (χ0v) is 16.6. The number of nitrogens with zero attached hydrogens (tertiary/aromatic N) is 1. The predicted molar refractivity (Wildman–Crippen MR) is 95.6 cm³/mol. The number of ether oxygens (including phenoxy) is 1. The van der Waals surface area contributed by atoms with Crippen LogP contribution in [0.15, 0.2) is 0 Å². The first-order valence-corrected chi connectivity index (χ1v) is 8.58. The van der Waals surface area contributed by atoms with Gasteiger partial charge in [0.15, 0.2) is 0 Å². The van der Waals surface area contributed by atoms with E-state index in [-0.39, 0.29) is 11.6 Å². The molecule has 0 fully saturated rings. The zero-order chi connectivity index (χ0) is 18.5. The molecule has 1 amide bonds. The van der Waals surface area contributed by atoms with E-state index in [4.69, 9.17) is 4.74 Å². The summed E-state index contributed by atoms with van der Waals surface area (Å²) in [6.07, 6.45) is 0.440.